The van der Waals surface area contributed by atoms with Gasteiger partial charge in [0.15, 0.2) is 44.0 Å². The fraction of sp³-hybridized carbons (Fsp3) is 0.583. The molecule has 44 nitrogen and oxygen atoms in total. The molecule has 5 aromatic carbocycles. The summed E-state index contributed by atoms with van der Waals surface area (Å²) in [6, 6.07) is 32.3. The van der Waals surface area contributed by atoms with E-state index >= 15 is 0 Å². The van der Waals surface area contributed by atoms with Gasteiger partial charge in [0.05, 0.1) is 56.6 Å². The van der Waals surface area contributed by atoms with Gasteiger partial charge in [-0.1, -0.05) is 124 Å². The summed E-state index contributed by atoms with van der Waals surface area (Å²) in [7, 11) is 0. The Morgan fingerprint density at radius 1 is 0.338 bits per heavy atom. The van der Waals surface area contributed by atoms with E-state index in [0.717, 1.165) is 52.8 Å². The third kappa shape index (κ3) is 28.1. The molecule has 21 aliphatic heterocycles. The van der Waals surface area contributed by atoms with Crippen molar-refractivity contribution in [3.05, 3.63) is 187 Å². The molecule has 2 aliphatic carbocycles. The Kier molecular flexibility index (Phi) is 43.9. The summed E-state index contributed by atoms with van der Waals surface area (Å²) >= 11 is 4.10. The first-order valence-electron chi connectivity index (χ1n) is 47.1. The number of hydrogen-bond acceptors (Lipinski definition) is 42. The number of aliphatic hydroxyl groups is 20. The molecule has 784 valence electrons. The van der Waals surface area contributed by atoms with Crippen LogP contribution in [0.2, 0.25) is 0 Å². The molecule has 0 saturated carbocycles. The van der Waals surface area contributed by atoms with Crippen LogP contribution in [-0.4, -0.2) is 406 Å². The summed E-state index contributed by atoms with van der Waals surface area (Å²) in [6.45, 7) is -5.10. The second-order valence-electron chi connectivity index (χ2n) is 35.3. The average molecular weight is 2060 g/mol. The molecule has 35 atom stereocenters. The van der Waals surface area contributed by atoms with Gasteiger partial charge in [-0.2, -0.15) is 22.9 Å². The summed E-state index contributed by atoms with van der Waals surface area (Å²) in [5, 5.41) is 260. The molecule has 28 rings (SSSR count). The van der Waals surface area contributed by atoms with Gasteiger partial charge in [0.1, 0.15) is 171 Å². The van der Waals surface area contributed by atoms with Crippen LogP contribution >= 0.6 is 12.6 Å². The molecule has 46 heteroatoms. The van der Waals surface area contributed by atoms with E-state index in [0.29, 0.717) is 47.9 Å². The topological polar surface area (TPSA) is 681 Å². The minimum absolute atomic E-state index is 0. The van der Waals surface area contributed by atoms with Gasteiger partial charge in [-0.3, -0.25) is 14.4 Å². The van der Waals surface area contributed by atoms with Crippen molar-refractivity contribution in [1.82, 2.24) is 21.3 Å². The molecule has 24 N–H and O–H groups in total. The standard InChI is InChI=1S/C48H75NO35.C43H49N5O3S.C5H5.Fe/c50-6-14-35-22(58)29(65)44(73-14)81-37-16(8-52)75-46(31(67)24(37)60)83-39-18(10-54)77-48(33(69)26(39)62)84-40-19(11-55)76-47(32(68)25(40)61)82-38-17(9-53)74-45(30(66)23(38)59)80-36-15(7-51)72-43(28(64)21(36)57)78-34-13(71-42(79-35)27(63)20(34)56)5-49-41(70)12-3-1-2-4-12;49-41(32-19-23-36(24-20-32)47-48-37-25-21-33(22-26-37)42(50)46-29-30-52)44-27-13-7-5-3-1-2-4-6-8-14-28-45-43(51)40-38-17-11-9-15-34(38)31-35-16-10-12-18-39(35)40;1-2-4-5-3-1;/h1-4,13-40,42-70H,5-11H2;9-12,15-26,31,52H,1-8,13-14,27-30H2,(H,44,49)(H,45,51)(H,46,50);1-5H;/q;;-1;+2/p-1/t13-,14-,15-,16-,17-,18-,19-,20-,21-,22-,23-,24-,25-,26-,27-,28-,29-,30-,31-,32-,33-,34-,35-,36-,37-,38-,39-,40-,42-,43-,44-,45-,46-,47-,48-;;;/m1.../s1. The van der Waals surface area contributed by atoms with Crippen molar-refractivity contribution in [2.75, 3.05) is 71.6 Å². The second kappa shape index (κ2) is 55.0. The Bertz CT molecular complexity index is 4820. The van der Waals surface area contributed by atoms with Crippen LogP contribution in [0.5, 0.6) is 0 Å². The number of nitrogens with one attached hydrogen (secondary N) is 4. The summed E-state index contributed by atoms with van der Waals surface area (Å²) < 4.78 is 80.8. The predicted molar refractivity (Wildman–Crippen MR) is 492 cm³/mol. The van der Waals surface area contributed by atoms with Gasteiger partial charge in [-0.15, -0.1) is 12.8 Å². The number of aliphatic hydroxyl groups excluding tert-OH is 20. The third-order valence-corrected chi connectivity index (χ3v) is 25.9. The van der Waals surface area contributed by atoms with Gasteiger partial charge in [-0.05, 0) is 100 Å². The maximum Gasteiger partial charge on any atom is 2.00 e. The van der Waals surface area contributed by atoms with Crippen LogP contribution in [-0.2, 0) is 83.4 Å². The van der Waals surface area contributed by atoms with Gasteiger partial charge in [-0.25, -0.2) is 18.6 Å². The van der Waals surface area contributed by atoms with E-state index in [1.807, 2.05) is 67.8 Å². The molecule has 3 amide bonds. The zero-order valence-electron chi connectivity index (χ0n) is 77.1. The van der Waals surface area contributed by atoms with Crippen molar-refractivity contribution in [3.63, 3.8) is 0 Å². The number of benzene rings is 5. The quantitative estimate of drug-likeness (QED) is 0.00418. The first kappa shape index (κ1) is 113. The summed E-state index contributed by atoms with van der Waals surface area (Å²) in [5.74, 6) is -0.337. The molecule has 2 radical (unpaired) electrons. The van der Waals surface area contributed by atoms with Gasteiger partial charge in [0, 0.05) is 43.1 Å². The molecule has 14 bridgehead atoms. The number of thiol groups is 1. The molecule has 21 heterocycles. The van der Waals surface area contributed by atoms with Gasteiger partial charge in [0.25, 0.3) is 17.7 Å². The smallest absolute Gasteiger partial charge is 0.860 e. The molecule has 0 spiro atoms. The number of rotatable bonds is 29. The summed E-state index contributed by atoms with van der Waals surface area (Å²) in [5.41, 5.74) is 3.35. The molecule has 0 aromatic heterocycles. The van der Waals surface area contributed by atoms with Crippen LogP contribution in [0.15, 0.2) is 161 Å². The maximum absolute atomic E-state index is 13.2. The normalized spacial score (nSPS) is 35.7. The van der Waals surface area contributed by atoms with Crippen molar-refractivity contribution >= 4 is 63.3 Å². The number of allylic oxidation sites excluding steroid dienone is 7. The maximum atomic E-state index is 13.2. The largest absolute Gasteiger partial charge is 2.00 e. The Labute approximate surface area is 833 Å². The predicted octanol–water partition coefficient (Wildman–Crippen LogP) is -3.64. The Hall–Kier alpha value is -7.43. The fourth-order valence-corrected chi connectivity index (χ4v) is 17.9. The number of fused-ring (bicyclic) bond motifs is 2. The van der Waals surface area contributed by atoms with E-state index in [9.17, 15) is 122 Å². The molecular weight excluding hydrogens is 1930 g/mol. The van der Waals surface area contributed by atoms with Crippen LogP contribution in [0, 0.1) is 19.3 Å². The number of unbranched alkanes of at least 4 members (excludes halogenated alkanes) is 9. The monoisotopic (exact) mass is 2060 g/mol. The van der Waals surface area contributed by atoms with E-state index in [1.165, 1.54) is 50.7 Å². The van der Waals surface area contributed by atoms with Crippen molar-refractivity contribution in [1.29, 1.82) is 0 Å². The van der Waals surface area contributed by atoms with Crippen LogP contribution < -0.4 is 26.4 Å². The van der Waals surface area contributed by atoms with Crippen LogP contribution in [0.25, 0.3) is 21.5 Å². The van der Waals surface area contributed by atoms with Gasteiger partial charge >= 0.3 is 17.1 Å². The van der Waals surface area contributed by atoms with E-state index in [4.69, 9.17) is 66.3 Å². The first-order chi connectivity index (χ1) is 68.1. The summed E-state index contributed by atoms with van der Waals surface area (Å²) in [6.07, 6.45) is -43.4. The summed E-state index contributed by atoms with van der Waals surface area (Å²) in [4.78, 5) is 37.8. The molecule has 21 saturated heterocycles. The molecule has 0 unspecified atom stereocenters. The minimum Gasteiger partial charge on any atom is -0.860 e. The van der Waals surface area contributed by atoms with E-state index in [1.54, 1.807) is 60.7 Å². The van der Waals surface area contributed by atoms with E-state index in [-0.39, 0.29) is 40.4 Å². The number of ether oxygens (including phenoxy) is 14. The van der Waals surface area contributed by atoms with Gasteiger partial charge in [0.2, 0.25) is 0 Å². The number of hydrogen-bond donors (Lipinski definition) is 25. The zero-order valence-corrected chi connectivity index (χ0v) is 79.1. The molecule has 5 aromatic rings. The number of carbonyl (C=O) groups excluding carboxylic acids is 3. The van der Waals surface area contributed by atoms with Gasteiger partial charge < -0.3 is 195 Å². The first-order valence-corrected chi connectivity index (χ1v) is 47.7. The minimum atomic E-state index is -2.24. The molecule has 142 heavy (non-hydrogen) atoms. The zero-order chi connectivity index (χ0) is 101. The molecule has 21 fully saturated rings. The van der Waals surface area contributed by atoms with Crippen molar-refractivity contribution in [3.8, 4) is 0 Å². The van der Waals surface area contributed by atoms with Crippen molar-refractivity contribution < 1.29 is 205 Å². The Morgan fingerprint density at radius 3 is 0.901 bits per heavy atom. The van der Waals surface area contributed by atoms with Crippen molar-refractivity contribution in [2.45, 2.75) is 279 Å². The van der Waals surface area contributed by atoms with Crippen LogP contribution in [0.1, 0.15) is 95.3 Å². The number of nitrogens with zero attached hydrogens (tertiary/aromatic N) is 2. The molecular formula is C96H128FeN6O38S. The SMILES string of the molecule is O=C(NCCS)c1ccc(N=Nc2ccc(C(=O)NCCCCCCCCCCCCNC(=O)c3c4ccccc4cc4ccccc34)cc2)cc1.[CH]1[CH][CH-]C=C1.[Fe+2].[O-]C(NC[C@H]1O[C@@H]2O[C@H]3[C@H](O)[C@@H](O)[C@@H](O[C@H]4[C@H](O)[C@@H](O)[C@@H](O[C@H]5[C@H](O)[C@@H](O)[C@@H](O[C@H]6[C@H](O)[C@@H](O)[C@@H](O[C@H]7[C@H](O)[C@@H](O)[C@@H](O[C@H]8[C@H](O)[C@@H](O)[C@@H](O[C@H]1[C@H](O)[C@H]2O)O[C@@H]8CO)O[C@@H]7CO)O[C@@H]6CO)O[C@@H]5CO)O[C@@H]4CO)O[C@@H]3CO)=C1C=CC=C1. The van der Waals surface area contributed by atoms with E-state index in [2.05, 4.69) is 62.3 Å². The number of carbonyl (C=O) groups is 3. The van der Waals surface area contributed by atoms with Crippen molar-refractivity contribution in [2.24, 2.45) is 10.2 Å². The number of amides is 3. The third-order valence-electron chi connectivity index (χ3n) is 25.7. The second-order valence-corrected chi connectivity index (χ2v) is 35.8. The fourth-order valence-electron chi connectivity index (χ4n) is 17.8. The number of azo groups is 1. The van der Waals surface area contributed by atoms with E-state index < -0.39 is 267 Å². The molecule has 23 aliphatic rings. The Morgan fingerprint density at radius 2 is 0.620 bits per heavy atom. The average Bonchev–Trinajstić information content (AvgIpc) is 0.802. The Balaban J connectivity index is 0.000000264. The van der Waals surface area contributed by atoms with Crippen LogP contribution in [0.3, 0.4) is 0 Å². The van der Waals surface area contributed by atoms with Crippen LogP contribution in [0.4, 0.5) is 11.4 Å².